The van der Waals surface area contributed by atoms with E-state index in [-0.39, 0.29) is 22.1 Å². The second-order valence-electron chi connectivity index (χ2n) is 6.97. The molecular weight excluding hydrogens is 452 g/mol. The van der Waals surface area contributed by atoms with Crippen LogP contribution in [0.3, 0.4) is 0 Å². The van der Waals surface area contributed by atoms with Crippen LogP contribution in [-0.2, 0) is 26.1 Å². The fraction of sp³-hybridized carbons (Fsp3) is 0.286. The van der Waals surface area contributed by atoms with Crippen molar-refractivity contribution in [2.75, 3.05) is 18.2 Å². The summed E-state index contributed by atoms with van der Waals surface area (Å²) < 4.78 is 30.1. The van der Waals surface area contributed by atoms with Crippen molar-refractivity contribution >= 4 is 50.4 Å². The van der Waals surface area contributed by atoms with E-state index in [1.54, 1.807) is 30.3 Å². The fourth-order valence-corrected chi connectivity index (χ4v) is 4.48. The Bertz CT molecular complexity index is 1250. The molecule has 9 nitrogen and oxygen atoms in total. The van der Waals surface area contributed by atoms with Crippen molar-refractivity contribution in [1.82, 2.24) is 9.55 Å². The molecule has 1 amide bonds. The average molecular weight is 477 g/mol. The third kappa shape index (κ3) is 5.47. The molecule has 1 heterocycles. The maximum atomic E-state index is 12.6. The molecule has 3 rings (SSSR count). The zero-order valence-electron chi connectivity index (χ0n) is 17.7. The van der Waals surface area contributed by atoms with Gasteiger partial charge in [-0.2, -0.15) is 0 Å². The van der Waals surface area contributed by atoms with Crippen LogP contribution in [0.1, 0.15) is 30.1 Å². The molecule has 1 aromatic heterocycles. The minimum atomic E-state index is -3.85. The molecule has 3 N–H and O–H groups in total. The molecule has 0 fully saturated rings. The van der Waals surface area contributed by atoms with Crippen molar-refractivity contribution in [2.24, 2.45) is 5.14 Å². The van der Waals surface area contributed by atoms with E-state index in [0.717, 1.165) is 18.4 Å². The number of hydrogen-bond acceptors (Lipinski definition) is 7. The van der Waals surface area contributed by atoms with Crippen molar-refractivity contribution in [2.45, 2.75) is 36.4 Å². The lowest BCUT2D eigenvalue weighted by Crippen LogP contribution is -2.17. The minimum Gasteiger partial charge on any atom is -0.465 e. The summed E-state index contributed by atoms with van der Waals surface area (Å²) >= 11 is 1.23. The Morgan fingerprint density at radius 2 is 1.97 bits per heavy atom. The second-order valence-corrected chi connectivity index (χ2v) is 9.47. The third-order valence-electron chi connectivity index (χ3n) is 4.69. The number of nitrogens with one attached hydrogen (secondary N) is 1. The number of rotatable bonds is 9. The van der Waals surface area contributed by atoms with Gasteiger partial charge in [0.05, 0.1) is 40.0 Å². The van der Waals surface area contributed by atoms with Crippen LogP contribution >= 0.6 is 11.8 Å². The molecule has 170 valence electrons. The van der Waals surface area contributed by atoms with Gasteiger partial charge in [-0.1, -0.05) is 37.2 Å². The monoisotopic (exact) mass is 476 g/mol. The number of imidazole rings is 1. The molecule has 3 aromatic rings. The second kappa shape index (κ2) is 10.2. The Labute approximate surface area is 190 Å². The normalized spacial score (nSPS) is 11.5. The first-order chi connectivity index (χ1) is 15.2. The summed E-state index contributed by atoms with van der Waals surface area (Å²) in [5, 5.41) is 8.56. The number of fused-ring (bicyclic) bond motifs is 1. The molecule has 11 heteroatoms. The van der Waals surface area contributed by atoms with Crippen LogP contribution < -0.4 is 10.5 Å². The highest BCUT2D eigenvalue weighted by atomic mass is 32.2. The molecule has 0 saturated carbocycles. The number of thioether (sulfide) groups is 1. The highest BCUT2D eigenvalue weighted by Crippen LogP contribution is 2.27. The molecule has 0 unspecified atom stereocenters. The van der Waals surface area contributed by atoms with Crippen molar-refractivity contribution < 1.29 is 22.7 Å². The van der Waals surface area contributed by atoms with Gasteiger partial charge < -0.3 is 14.6 Å². The van der Waals surface area contributed by atoms with E-state index in [9.17, 15) is 18.0 Å². The number of ether oxygens (including phenoxy) is 1. The quantitative estimate of drug-likeness (QED) is 0.358. The SMILES string of the molecule is CCCCn1c(SCC(=O)Nc2ccccc2C(=O)OC)nc2cc(S(N)(=O)=O)ccc21. The van der Waals surface area contributed by atoms with Gasteiger partial charge in [0, 0.05) is 6.54 Å². The van der Waals surface area contributed by atoms with Crippen LogP contribution in [0, 0.1) is 0 Å². The fourth-order valence-electron chi connectivity index (χ4n) is 3.10. The summed E-state index contributed by atoms with van der Waals surface area (Å²) in [5.74, 6) is -0.807. The Morgan fingerprint density at radius 1 is 1.22 bits per heavy atom. The number of primary sulfonamides is 1. The number of carbonyl (C=O) groups excluding carboxylic acids is 2. The highest BCUT2D eigenvalue weighted by molar-refractivity contribution is 7.99. The molecule has 0 aliphatic rings. The first-order valence-corrected chi connectivity index (χ1v) is 12.4. The van der Waals surface area contributed by atoms with Gasteiger partial charge in [-0.15, -0.1) is 0 Å². The number of methoxy groups -OCH3 is 1. The third-order valence-corrected chi connectivity index (χ3v) is 6.57. The van der Waals surface area contributed by atoms with Crippen LogP contribution in [0.2, 0.25) is 0 Å². The maximum Gasteiger partial charge on any atom is 0.339 e. The van der Waals surface area contributed by atoms with Crippen LogP contribution in [-0.4, -0.2) is 42.7 Å². The van der Waals surface area contributed by atoms with Gasteiger partial charge in [0.25, 0.3) is 0 Å². The predicted molar refractivity (Wildman–Crippen MR) is 123 cm³/mol. The summed E-state index contributed by atoms with van der Waals surface area (Å²) in [6.07, 6.45) is 1.86. The van der Waals surface area contributed by atoms with E-state index >= 15 is 0 Å². The number of aromatic nitrogens is 2. The van der Waals surface area contributed by atoms with Gasteiger partial charge >= 0.3 is 5.97 Å². The van der Waals surface area contributed by atoms with Crippen LogP contribution in [0.5, 0.6) is 0 Å². The average Bonchev–Trinajstić information content (AvgIpc) is 3.12. The number of unbranched alkanes of at least 4 members (excludes halogenated alkanes) is 1. The molecule has 0 radical (unpaired) electrons. The van der Waals surface area contributed by atoms with Gasteiger partial charge in [0.1, 0.15) is 0 Å². The number of anilines is 1. The van der Waals surface area contributed by atoms with Crippen molar-refractivity contribution in [3.63, 3.8) is 0 Å². The lowest BCUT2D eigenvalue weighted by atomic mass is 10.2. The lowest BCUT2D eigenvalue weighted by Gasteiger charge is -2.10. The van der Waals surface area contributed by atoms with E-state index in [0.29, 0.717) is 22.9 Å². The largest absolute Gasteiger partial charge is 0.465 e. The Balaban J connectivity index is 1.82. The number of aryl methyl sites for hydroxylation is 1. The van der Waals surface area contributed by atoms with E-state index in [2.05, 4.69) is 17.2 Å². The van der Waals surface area contributed by atoms with Gasteiger partial charge in [-0.3, -0.25) is 4.79 Å². The summed E-state index contributed by atoms with van der Waals surface area (Å²) in [6.45, 7) is 2.74. The smallest absolute Gasteiger partial charge is 0.339 e. The number of hydrogen-bond donors (Lipinski definition) is 2. The topological polar surface area (TPSA) is 133 Å². The Kier molecular flexibility index (Phi) is 7.54. The number of benzene rings is 2. The van der Waals surface area contributed by atoms with Crippen molar-refractivity contribution in [3.8, 4) is 0 Å². The molecular formula is C21H24N4O5S2. The van der Waals surface area contributed by atoms with Gasteiger partial charge in [-0.05, 0) is 36.8 Å². The number of esters is 1. The van der Waals surface area contributed by atoms with E-state index < -0.39 is 16.0 Å². The summed E-state index contributed by atoms with van der Waals surface area (Å²) in [6, 6.07) is 11.2. The molecule has 0 saturated heterocycles. The summed E-state index contributed by atoms with van der Waals surface area (Å²) in [7, 11) is -2.57. The van der Waals surface area contributed by atoms with Crippen LogP contribution in [0.25, 0.3) is 11.0 Å². The van der Waals surface area contributed by atoms with E-state index in [4.69, 9.17) is 9.88 Å². The molecule has 0 bridgehead atoms. The minimum absolute atomic E-state index is 0.0150. The highest BCUT2D eigenvalue weighted by Gasteiger charge is 2.17. The Hall–Kier alpha value is -2.89. The summed E-state index contributed by atoms with van der Waals surface area (Å²) in [4.78, 5) is 29.0. The van der Waals surface area contributed by atoms with Gasteiger partial charge in [-0.25, -0.2) is 23.3 Å². The molecule has 0 aliphatic carbocycles. The van der Waals surface area contributed by atoms with E-state index in [1.807, 2.05) is 4.57 Å². The first-order valence-electron chi connectivity index (χ1n) is 9.87. The summed E-state index contributed by atoms with van der Waals surface area (Å²) in [5.41, 5.74) is 1.89. The van der Waals surface area contributed by atoms with Crippen molar-refractivity contribution in [1.29, 1.82) is 0 Å². The molecule has 2 aromatic carbocycles. The van der Waals surface area contributed by atoms with Gasteiger partial charge in [0.15, 0.2) is 5.16 Å². The first kappa shape index (κ1) is 23.8. The number of amides is 1. The number of carbonyl (C=O) groups is 2. The maximum absolute atomic E-state index is 12.6. The number of para-hydroxylation sites is 1. The van der Waals surface area contributed by atoms with Gasteiger partial charge in [0.2, 0.25) is 15.9 Å². The van der Waals surface area contributed by atoms with Crippen LogP contribution in [0.4, 0.5) is 5.69 Å². The number of sulfonamides is 1. The van der Waals surface area contributed by atoms with Crippen LogP contribution in [0.15, 0.2) is 52.5 Å². The molecule has 32 heavy (non-hydrogen) atoms. The Morgan fingerprint density at radius 3 is 2.66 bits per heavy atom. The van der Waals surface area contributed by atoms with Crippen molar-refractivity contribution in [3.05, 3.63) is 48.0 Å². The molecule has 0 aliphatic heterocycles. The van der Waals surface area contributed by atoms with E-state index in [1.165, 1.54) is 31.0 Å². The lowest BCUT2D eigenvalue weighted by molar-refractivity contribution is -0.113. The standard InChI is InChI=1S/C21H24N4O5S2/c1-3-4-11-25-18-10-9-14(32(22,28)29)12-17(18)24-21(25)31-13-19(26)23-16-8-6-5-7-15(16)20(27)30-2/h5-10,12H,3-4,11,13H2,1-2H3,(H,23,26)(H2,22,28,29). The predicted octanol–water partition coefficient (Wildman–Crippen LogP) is 3.00. The number of nitrogens with two attached hydrogens (primary N) is 1. The molecule has 0 spiro atoms. The zero-order valence-corrected chi connectivity index (χ0v) is 19.3. The zero-order chi connectivity index (χ0) is 23.3. The molecule has 0 atom stereocenters. The number of nitrogens with zero attached hydrogens (tertiary/aromatic N) is 2.